The summed E-state index contributed by atoms with van der Waals surface area (Å²) in [7, 11) is 3.74. The number of ether oxygens (including phenoxy) is 1. The maximum atomic E-state index is 5.20. The molecule has 6 heteroatoms. The summed E-state index contributed by atoms with van der Waals surface area (Å²) < 4.78 is 5.20. The first-order valence-corrected chi connectivity index (χ1v) is 9.46. The van der Waals surface area contributed by atoms with Crippen molar-refractivity contribution in [2.45, 2.75) is 19.8 Å². The molecule has 3 rings (SSSR count). The van der Waals surface area contributed by atoms with Gasteiger partial charge in [0.25, 0.3) is 0 Å². The monoisotopic (exact) mass is 377 g/mol. The van der Waals surface area contributed by atoms with Gasteiger partial charge in [0.15, 0.2) is 0 Å². The maximum Gasteiger partial charge on any atom is 0.224 e. The standard InChI is InChI=1S/C22H27N5O/c1-17-16-21(27(2)15-11-19-8-12-23-13-9-19)26-22(25-17)24-14-10-18-4-6-20(28-3)7-5-18/h4-9,12-13,16H,10-11,14-15H2,1-3H3,(H,24,25,26). The highest BCUT2D eigenvalue weighted by Gasteiger charge is 2.07. The third kappa shape index (κ3) is 5.67. The molecule has 0 fully saturated rings. The van der Waals surface area contributed by atoms with Crippen LogP contribution >= 0.6 is 0 Å². The number of methoxy groups -OCH3 is 1. The molecule has 0 amide bonds. The number of anilines is 2. The SMILES string of the molecule is COc1ccc(CCNc2nc(C)cc(N(C)CCc3ccncc3)n2)cc1. The minimum absolute atomic E-state index is 0.666. The zero-order valence-electron chi connectivity index (χ0n) is 16.7. The van der Waals surface area contributed by atoms with Crippen LogP contribution in [0.5, 0.6) is 5.75 Å². The van der Waals surface area contributed by atoms with Crippen LogP contribution in [0.1, 0.15) is 16.8 Å². The number of likely N-dealkylation sites (N-methyl/N-ethyl adjacent to an activating group) is 1. The lowest BCUT2D eigenvalue weighted by Gasteiger charge is -2.19. The van der Waals surface area contributed by atoms with Crippen LogP contribution in [-0.2, 0) is 12.8 Å². The lowest BCUT2D eigenvalue weighted by molar-refractivity contribution is 0.414. The number of hydrogen-bond donors (Lipinski definition) is 1. The van der Waals surface area contributed by atoms with Crippen molar-refractivity contribution in [3.8, 4) is 5.75 Å². The molecule has 0 aliphatic rings. The summed E-state index contributed by atoms with van der Waals surface area (Å²) in [6.07, 6.45) is 5.50. The van der Waals surface area contributed by atoms with Gasteiger partial charge in [-0.05, 0) is 55.2 Å². The second-order valence-electron chi connectivity index (χ2n) is 6.74. The van der Waals surface area contributed by atoms with Gasteiger partial charge in [0.1, 0.15) is 11.6 Å². The summed E-state index contributed by atoms with van der Waals surface area (Å²) >= 11 is 0. The van der Waals surface area contributed by atoms with Crippen LogP contribution in [0.4, 0.5) is 11.8 Å². The van der Waals surface area contributed by atoms with Crippen LogP contribution in [-0.4, -0.2) is 42.2 Å². The van der Waals surface area contributed by atoms with Crippen LogP contribution in [0.25, 0.3) is 0 Å². The normalized spacial score (nSPS) is 10.5. The van der Waals surface area contributed by atoms with Gasteiger partial charge in [0.2, 0.25) is 5.95 Å². The summed E-state index contributed by atoms with van der Waals surface area (Å²) in [5.41, 5.74) is 3.47. The molecule has 0 aliphatic heterocycles. The Labute approximate surface area is 166 Å². The van der Waals surface area contributed by atoms with Crippen LogP contribution in [0.2, 0.25) is 0 Å². The largest absolute Gasteiger partial charge is 0.497 e. The molecule has 0 unspecified atom stereocenters. The zero-order chi connectivity index (χ0) is 19.8. The van der Waals surface area contributed by atoms with E-state index in [1.54, 1.807) is 7.11 Å². The first-order valence-electron chi connectivity index (χ1n) is 9.46. The number of aryl methyl sites for hydroxylation is 1. The molecule has 0 spiro atoms. The molecule has 2 heterocycles. The van der Waals surface area contributed by atoms with Crippen molar-refractivity contribution in [3.63, 3.8) is 0 Å². The summed E-state index contributed by atoms with van der Waals surface area (Å²) in [4.78, 5) is 15.4. The Morgan fingerprint density at radius 3 is 2.39 bits per heavy atom. The van der Waals surface area contributed by atoms with Gasteiger partial charge < -0.3 is 15.0 Å². The molecule has 1 N–H and O–H groups in total. The van der Waals surface area contributed by atoms with Crippen LogP contribution in [0, 0.1) is 6.92 Å². The Morgan fingerprint density at radius 1 is 0.964 bits per heavy atom. The Kier molecular flexibility index (Phi) is 6.78. The minimum atomic E-state index is 0.666. The highest BCUT2D eigenvalue weighted by Crippen LogP contribution is 2.15. The van der Waals surface area contributed by atoms with E-state index in [4.69, 9.17) is 4.74 Å². The molecule has 0 aliphatic carbocycles. The number of benzene rings is 1. The molecule has 0 bridgehead atoms. The van der Waals surface area contributed by atoms with Gasteiger partial charge in [-0.25, -0.2) is 4.98 Å². The molecule has 146 valence electrons. The third-order valence-corrected chi connectivity index (χ3v) is 4.57. The van der Waals surface area contributed by atoms with Crippen LogP contribution in [0.3, 0.4) is 0 Å². The van der Waals surface area contributed by atoms with Gasteiger partial charge in [-0.15, -0.1) is 0 Å². The highest BCUT2D eigenvalue weighted by molar-refractivity contribution is 5.44. The van der Waals surface area contributed by atoms with Crippen LogP contribution < -0.4 is 15.0 Å². The first kappa shape index (κ1) is 19.6. The van der Waals surface area contributed by atoms with Gasteiger partial charge >= 0.3 is 0 Å². The molecule has 6 nitrogen and oxygen atoms in total. The average molecular weight is 377 g/mol. The molecule has 1 aromatic carbocycles. The zero-order valence-corrected chi connectivity index (χ0v) is 16.7. The van der Waals surface area contributed by atoms with Gasteiger partial charge in [-0.2, -0.15) is 4.98 Å². The lowest BCUT2D eigenvalue weighted by Crippen LogP contribution is -2.22. The quantitative estimate of drug-likeness (QED) is 0.616. The number of pyridine rings is 1. The third-order valence-electron chi connectivity index (χ3n) is 4.57. The Balaban J connectivity index is 1.55. The number of nitrogens with zero attached hydrogens (tertiary/aromatic N) is 4. The van der Waals surface area contributed by atoms with E-state index in [2.05, 4.69) is 44.3 Å². The fraction of sp³-hybridized carbons (Fsp3) is 0.318. The van der Waals surface area contributed by atoms with E-state index >= 15 is 0 Å². The molecule has 28 heavy (non-hydrogen) atoms. The number of aromatic nitrogens is 3. The molecule has 3 aromatic rings. The Bertz CT molecular complexity index is 868. The van der Waals surface area contributed by atoms with Crippen LogP contribution in [0.15, 0.2) is 54.9 Å². The number of nitrogens with one attached hydrogen (secondary N) is 1. The lowest BCUT2D eigenvalue weighted by atomic mass is 10.1. The topological polar surface area (TPSA) is 63.2 Å². The fourth-order valence-corrected chi connectivity index (χ4v) is 2.90. The highest BCUT2D eigenvalue weighted by atomic mass is 16.5. The second-order valence-corrected chi connectivity index (χ2v) is 6.74. The first-order chi connectivity index (χ1) is 13.6. The van der Waals surface area contributed by atoms with Crippen molar-refractivity contribution in [1.82, 2.24) is 15.0 Å². The predicted molar refractivity (Wildman–Crippen MR) is 113 cm³/mol. The van der Waals surface area contributed by atoms with E-state index in [-0.39, 0.29) is 0 Å². The summed E-state index contributed by atoms with van der Waals surface area (Å²) in [5.74, 6) is 2.46. The second kappa shape index (κ2) is 9.69. The molecule has 0 radical (unpaired) electrons. The summed E-state index contributed by atoms with van der Waals surface area (Å²) in [5, 5.41) is 3.34. The minimum Gasteiger partial charge on any atom is -0.497 e. The maximum absolute atomic E-state index is 5.20. The Hall–Kier alpha value is -3.15. The van der Waals surface area contributed by atoms with E-state index in [0.29, 0.717) is 5.95 Å². The van der Waals surface area contributed by atoms with Gasteiger partial charge in [-0.3, -0.25) is 4.98 Å². The van der Waals surface area contributed by atoms with E-state index in [9.17, 15) is 0 Å². The molecule has 2 aromatic heterocycles. The van der Waals surface area contributed by atoms with Crippen molar-refractivity contribution in [2.75, 3.05) is 37.5 Å². The van der Waals surface area contributed by atoms with Crippen molar-refractivity contribution >= 4 is 11.8 Å². The summed E-state index contributed by atoms with van der Waals surface area (Å²) in [6, 6.07) is 14.2. The summed E-state index contributed by atoms with van der Waals surface area (Å²) in [6.45, 7) is 3.65. The van der Waals surface area contributed by atoms with E-state index in [1.807, 2.05) is 49.6 Å². The molecular weight excluding hydrogens is 350 g/mol. The average Bonchev–Trinajstić information content (AvgIpc) is 2.73. The molecule has 0 atom stereocenters. The van der Waals surface area contributed by atoms with Crippen molar-refractivity contribution in [2.24, 2.45) is 0 Å². The van der Waals surface area contributed by atoms with E-state index < -0.39 is 0 Å². The smallest absolute Gasteiger partial charge is 0.224 e. The van der Waals surface area contributed by atoms with Gasteiger partial charge in [-0.1, -0.05) is 12.1 Å². The number of rotatable bonds is 9. The van der Waals surface area contributed by atoms with Crippen molar-refractivity contribution in [3.05, 3.63) is 71.7 Å². The number of hydrogen-bond acceptors (Lipinski definition) is 6. The van der Waals surface area contributed by atoms with E-state index in [1.165, 1.54) is 11.1 Å². The fourth-order valence-electron chi connectivity index (χ4n) is 2.90. The molecule has 0 saturated carbocycles. The molecule has 0 saturated heterocycles. The van der Waals surface area contributed by atoms with Gasteiger partial charge in [0.05, 0.1) is 7.11 Å². The van der Waals surface area contributed by atoms with Gasteiger partial charge in [0, 0.05) is 44.3 Å². The van der Waals surface area contributed by atoms with Crippen molar-refractivity contribution < 1.29 is 4.74 Å². The Morgan fingerprint density at radius 2 is 1.68 bits per heavy atom. The van der Waals surface area contributed by atoms with E-state index in [0.717, 1.165) is 43.2 Å². The van der Waals surface area contributed by atoms with Crippen molar-refractivity contribution in [1.29, 1.82) is 0 Å². The predicted octanol–water partition coefficient (Wildman–Crippen LogP) is 3.52. The molecular formula is C22H27N5O.